The topological polar surface area (TPSA) is 104 Å². The smallest absolute Gasteiger partial charge is 0.307 e. The molecule has 2 aromatic rings. The quantitative estimate of drug-likeness (QED) is 0.664. The van der Waals surface area contributed by atoms with Crippen LogP contribution in [0.15, 0.2) is 42.5 Å². The highest BCUT2D eigenvalue weighted by Gasteiger charge is 2.44. The van der Waals surface area contributed by atoms with Crippen LogP contribution in [0, 0.1) is 11.8 Å². The highest BCUT2D eigenvalue weighted by molar-refractivity contribution is 6.21. The number of nitrogens with zero attached hydrogens (tertiary/aromatic N) is 2. The molecule has 8 heteroatoms. The van der Waals surface area contributed by atoms with Crippen molar-refractivity contribution in [3.05, 3.63) is 64.7 Å². The molecule has 1 aliphatic carbocycles. The van der Waals surface area contributed by atoms with E-state index in [0.717, 1.165) is 24.0 Å². The zero-order valence-corrected chi connectivity index (χ0v) is 19.6. The molecule has 0 saturated heterocycles. The highest BCUT2D eigenvalue weighted by atomic mass is 16.5. The van der Waals surface area contributed by atoms with E-state index in [4.69, 9.17) is 4.74 Å². The molecule has 5 rings (SSSR count). The Morgan fingerprint density at radius 3 is 2.29 bits per heavy atom. The lowest BCUT2D eigenvalue weighted by Gasteiger charge is -2.42. The van der Waals surface area contributed by atoms with Gasteiger partial charge in [-0.1, -0.05) is 31.0 Å². The van der Waals surface area contributed by atoms with Crippen LogP contribution in [0.3, 0.4) is 0 Å². The molecule has 35 heavy (non-hydrogen) atoms. The van der Waals surface area contributed by atoms with E-state index in [1.54, 1.807) is 36.3 Å². The molecule has 1 saturated carbocycles. The van der Waals surface area contributed by atoms with Crippen molar-refractivity contribution in [1.29, 1.82) is 0 Å². The number of amides is 3. The molecule has 2 aromatic carbocycles. The summed E-state index contributed by atoms with van der Waals surface area (Å²) in [7, 11) is 1.56. The Balaban J connectivity index is 1.52. The molecule has 2 heterocycles. The van der Waals surface area contributed by atoms with E-state index in [-0.39, 0.29) is 24.3 Å². The maximum atomic E-state index is 13.8. The lowest BCUT2D eigenvalue weighted by molar-refractivity contribution is -0.153. The first-order chi connectivity index (χ1) is 16.9. The van der Waals surface area contributed by atoms with E-state index in [1.165, 1.54) is 4.90 Å². The Labute approximate surface area is 203 Å². The molecule has 3 atom stereocenters. The summed E-state index contributed by atoms with van der Waals surface area (Å²) in [5.41, 5.74) is 2.56. The third kappa shape index (κ3) is 3.96. The number of carboxylic acids is 1. The molecule has 1 fully saturated rings. The fourth-order valence-corrected chi connectivity index (χ4v) is 5.78. The third-order valence-electron chi connectivity index (χ3n) is 7.63. The molecule has 0 aromatic heterocycles. The number of methoxy groups -OCH3 is 1. The molecule has 0 radical (unpaired) electrons. The van der Waals surface area contributed by atoms with E-state index < -0.39 is 23.8 Å². The average molecular weight is 477 g/mol. The second-order valence-electron chi connectivity index (χ2n) is 9.46. The monoisotopic (exact) mass is 476 g/mol. The van der Waals surface area contributed by atoms with Gasteiger partial charge in [-0.2, -0.15) is 0 Å². The van der Waals surface area contributed by atoms with Crippen LogP contribution in [-0.2, 0) is 16.0 Å². The van der Waals surface area contributed by atoms with Gasteiger partial charge in [0.2, 0.25) is 5.91 Å². The van der Waals surface area contributed by atoms with Crippen LogP contribution in [-0.4, -0.2) is 58.8 Å². The molecule has 2 aliphatic heterocycles. The second kappa shape index (κ2) is 9.17. The molecule has 3 amide bonds. The van der Waals surface area contributed by atoms with Gasteiger partial charge in [0.15, 0.2) is 0 Å². The van der Waals surface area contributed by atoms with E-state index in [2.05, 4.69) is 0 Å². The fourth-order valence-electron chi connectivity index (χ4n) is 5.78. The van der Waals surface area contributed by atoms with Crippen molar-refractivity contribution >= 4 is 23.7 Å². The predicted octanol–water partition coefficient (Wildman–Crippen LogP) is 3.31. The number of carboxylic acid groups (broad SMARTS) is 1. The number of hydrogen-bond donors (Lipinski definition) is 1. The standard InChI is InChI=1S/C27H28N2O6/c1-35-17-11-10-16-12-13-28(24(30)20-8-4-5-9-21(20)27(33)34)23(22(16)14-17)15-29-25(31)18-6-2-3-7-19(18)26(29)32/h2-3,6-7,10-11,14,20-21,23H,4-5,8-9,12-13,15H2,1H3,(H,33,34)/t20-,21+,23?/m1/s1. The molecular formula is C27H28N2O6. The Bertz CT molecular complexity index is 1170. The van der Waals surface area contributed by atoms with Gasteiger partial charge >= 0.3 is 5.97 Å². The number of aliphatic carboxylic acids is 1. The molecule has 1 unspecified atom stereocenters. The summed E-state index contributed by atoms with van der Waals surface area (Å²) in [4.78, 5) is 54.9. The van der Waals surface area contributed by atoms with E-state index >= 15 is 0 Å². The van der Waals surface area contributed by atoms with Crippen molar-refractivity contribution in [2.24, 2.45) is 11.8 Å². The Kier molecular flexibility index (Phi) is 6.05. The van der Waals surface area contributed by atoms with Gasteiger partial charge in [-0.15, -0.1) is 0 Å². The molecule has 0 bridgehead atoms. The first-order valence-electron chi connectivity index (χ1n) is 12.1. The number of imide groups is 1. The van der Waals surface area contributed by atoms with Crippen LogP contribution in [0.5, 0.6) is 5.75 Å². The summed E-state index contributed by atoms with van der Waals surface area (Å²) in [5.74, 6) is -2.64. The van der Waals surface area contributed by atoms with Gasteiger partial charge in [0.25, 0.3) is 11.8 Å². The minimum absolute atomic E-state index is 0.00269. The van der Waals surface area contributed by atoms with Crippen LogP contribution in [0.2, 0.25) is 0 Å². The van der Waals surface area contributed by atoms with E-state index in [0.29, 0.717) is 42.7 Å². The highest BCUT2D eigenvalue weighted by Crippen LogP contribution is 2.39. The van der Waals surface area contributed by atoms with Crippen molar-refractivity contribution < 1.29 is 29.0 Å². The Hall–Kier alpha value is -3.68. The van der Waals surface area contributed by atoms with Gasteiger partial charge in [0, 0.05) is 6.54 Å². The number of ether oxygens (including phenoxy) is 1. The fraction of sp³-hybridized carbons (Fsp3) is 0.407. The minimum Gasteiger partial charge on any atom is -0.497 e. The first kappa shape index (κ1) is 23.1. The third-order valence-corrected chi connectivity index (χ3v) is 7.63. The zero-order valence-electron chi connectivity index (χ0n) is 19.6. The van der Waals surface area contributed by atoms with Crippen LogP contribution in [0.1, 0.15) is 63.6 Å². The van der Waals surface area contributed by atoms with Gasteiger partial charge in [-0.3, -0.25) is 24.1 Å². The summed E-state index contributed by atoms with van der Waals surface area (Å²) in [6.45, 7) is 0.400. The summed E-state index contributed by atoms with van der Waals surface area (Å²) in [6.07, 6.45) is 3.21. The van der Waals surface area contributed by atoms with Crippen LogP contribution >= 0.6 is 0 Å². The number of carbonyl (C=O) groups excluding carboxylic acids is 3. The van der Waals surface area contributed by atoms with Crippen molar-refractivity contribution in [2.75, 3.05) is 20.2 Å². The van der Waals surface area contributed by atoms with Gasteiger partial charge in [-0.25, -0.2) is 0 Å². The number of benzene rings is 2. The number of fused-ring (bicyclic) bond motifs is 2. The number of hydrogen-bond acceptors (Lipinski definition) is 5. The molecule has 0 spiro atoms. The van der Waals surface area contributed by atoms with E-state index in [9.17, 15) is 24.3 Å². The number of carbonyl (C=O) groups is 4. The van der Waals surface area contributed by atoms with Gasteiger partial charge in [-0.05, 0) is 54.7 Å². The van der Waals surface area contributed by atoms with Crippen molar-refractivity contribution in [2.45, 2.75) is 38.1 Å². The minimum atomic E-state index is -0.945. The van der Waals surface area contributed by atoms with Crippen LogP contribution in [0.25, 0.3) is 0 Å². The summed E-state index contributed by atoms with van der Waals surface area (Å²) >= 11 is 0. The Morgan fingerprint density at radius 2 is 1.66 bits per heavy atom. The van der Waals surface area contributed by atoms with Crippen molar-refractivity contribution in [1.82, 2.24) is 9.80 Å². The lowest BCUT2D eigenvalue weighted by Crippen LogP contribution is -2.50. The predicted molar refractivity (Wildman–Crippen MR) is 126 cm³/mol. The van der Waals surface area contributed by atoms with Crippen LogP contribution < -0.4 is 4.74 Å². The maximum absolute atomic E-state index is 13.8. The van der Waals surface area contributed by atoms with E-state index in [1.807, 2.05) is 18.2 Å². The molecular weight excluding hydrogens is 448 g/mol. The number of rotatable bonds is 5. The van der Waals surface area contributed by atoms with Gasteiger partial charge < -0.3 is 14.7 Å². The summed E-state index contributed by atoms with van der Waals surface area (Å²) in [5, 5.41) is 9.76. The summed E-state index contributed by atoms with van der Waals surface area (Å²) < 4.78 is 5.42. The van der Waals surface area contributed by atoms with Gasteiger partial charge in [0.1, 0.15) is 5.75 Å². The van der Waals surface area contributed by atoms with Gasteiger partial charge in [0.05, 0.1) is 42.7 Å². The average Bonchev–Trinajstić information content (AvgIpc) is 3.13. The molecule has 182 valence electrons. The largest absolute Gasteiger partial charge is 0.497 e. The van der Waals surface area contributed by atoms with Crippen molar-refractivity contribution in [3.8, 4) is 5.75 Å². The molecule has 3 aliphatic rings. The normalized spacial score (nSPS) is 23.6. The lowest BCUT2D eigenvalue weighted by atomic mass is 9.77. The van der Waals surface area contributed by atoms with Crippen molar-refractivity contribution in [3.63, 3.8) is 0 Å². The Morgan fingerprint density at radius 1 is 1.00 bits per heavy atom. The molecule has 1 N–H and O–H groups in total. The van der Waals surface area contributed by atoms with Crippen LogP contribution in [0.4, 0.5) is 0 Å². The SMILES string of the molecule is COc1ccc2c(c1)C(CN1C(=O)c3ccccc3C1=O)N(C(=O)[C@@H]1CCCC[C@@H]1C(=O)O)CC2. The molecule has 8 nitrogen and oxygen atoms in total. The maximum Gasteiger partial charge on any atom is 0.307 e. The first-order valence-corrected chi connectivity index (χ1v) is 12.1. The second-order valence-corrected chi connectivity index (χ2v) is 9.46. The summed E-state index contributed by atoms with van der Waals surface area (Å²) in [6, 6.07) is 11.8. The zero-order chi connectivity index (χ0) is 24.7.